The van der Waals surface area contributed by atoms with E-state index in [-0.39, 0.29) is 11.5 Å². The van der Waals surface area contributed by atoms with Gasteiger partial charge < -0.3 is 20.6 Å². The van der Waals surface area contributed by atoms with Crippen molar-refractivity contribution in [2.45, 2.75) is 25.1 Å². The molecule has 0 aromatic heterocycles. The number of aliphatic hydroxyl groups excluding tert-OH is 1. The van der Waals surface area contributed by atoms with Gasteiger partial charge in [0.25, 0.3) is 11.8 Å². The third-order valence-corrected chi connectivity index (χ3v) is 5.89. The molecule has 0 saturated heterocycles. The molecule has 9 heteroatoms. The average molecular weight is 479 g/mol. The van der Waals surface area contributed by atoms with Gasteiger partial charge >= 0.3 is 0 Å². The second kappa shape index (κ2) is 9.63. The molecular formula is C26H23F2N3O4. The number of rotatable bonds is 5. The number of hydrogen-bond acceptors (Lipinski definition) is 4. The fraction of sp³-hybridized carbons (Fsp3) is 0.192. The molecule has 3 atom stereocenters. The maximum absolute atomic E-state index is 13.4. The lowest BCUT2D eigenvalue weighted by atomic mass is 9.95. The predicted molar refractivity (Wildman–Crippen MR) is 125 cm³/mol. The van der Waals surface area contributed by atoms with Crippen LogP contribution in [-0.2, 0) is 14.4 Å². The van der Waals surface area contributed by atoms with Gasteiger partial charge in [-0.15, -0.1) is 0 Å². The number of hydrogen-bond donors (Lipinski definition) is 3. The van der Waals surface area contributed by atoms with E-state index in [2.05, 4.69) is 10.6 Å². The molecule has 7 nitrogen and oxygen atoms in total. The first-order chi connectivity index (χ1) is 16.7. The Labute approximate surface area is 200 Å². The van der Waals surface area contributed by atoms with Crippen LogP contribution >= 0.6 is 0 Å². The fourth-order valence-corrected chi connectivity index (χ4v) is 4.08. The summed E-state index contributed by atoms with van der Waals surface area (Å²) < 4.78 is 26.9. The third kappa shape index (κ3) is 4.76. The molecule has 0 unspecified atom stereocenters. The smallest absolute Gasteiger partial charge is 0.254 e. The van der Waals surface area contributed by atoms with E-state index in [1.807, 2.05) is 36.4 Å². The van der Waals surface area contributed by atoms with E-state index in [1.54, 1.807) is 19.2 Å². The van der Waals surface area contributed by atoms with Crippen LogP contribution in [0.1, 0.15) is 30.2 Å². The lowest BCUT2D eigenvalue weighted by Gasteiger charge is -2.24. The van der Waals surface area contributed by atoms with Gasteiger partial charge in [0.15, 0.2) is 6.10 Å². The Balaban J connectivity index is 1.54. The van der Waals surface area contributed by atoms with Crippen molar-refractivity contribution in [2.75, 3.05) is 11.9 Å². The molecule has 1 aliphatic heterocycles. The Hall–Kier alpha value is -4.11. The molecule has 1 heterocycles. The molecule has 1 aliphatic rings. The second-order valence-corrected chi connectivity index (χ2v) is 8.28. The van der Waals surface area contributed by atoms with Crippen molar-refractivity contribution in [3.63, 3.8) is 0 Å². The number of likely N-dealkylation sites (N-methyl/N-ethyl adjacent to an activating group) is 1. The number of aliphatic hydroxyl groups is 1. The summed E-state index contributed by atoms with van der Waals surface area (Å²) in [4.78, 5) is 40.2. The number of amides is 3. The van der Waals surface area contributed by atoms with Crippen molar-refractivity contribution < 1.29 is 28.3 Å². The molecule has 3 aromatic carbocycles. The van der Waals surface area contributed by atoms with Gasteiger partial charge in [0, 0.05) is 18.7 Å². The summed E-state index contributed by atoms with van der Waals surface area (Å²) in [5.74, 6) is -3.97. The van der Waals surface area contributed by atoms with Crippen molar-refractivity contribution in [3.05, 3.63) is 89.5 Å². The number of carbonyl (C=O) groups excluding carboxylic acids is 3. The molecule has 3 aromatic rings. The quantitative estimate of drug-likeness (QED) is 0.524. The van der Waals surface area contributed by atoms with Crippen LogP contribution < -0.4 is 15.5 Å². The largest absolute Gasteiger partial charge is 0.378 e. The minimum Gasteiger partial charge on any atom is -0.378 e. The molecule has 0 saturated carbocycles. The molecule has 0 spiro atoms. The van der Waals surface area contributed by atoms with Crippen LogP contribution in [0.5, 0.6) is 0 Å². The minimum absolute atomic E-state index is 0.292. The average Bonchev–Trinajstić information content (AvgIpc) is 2.92. The van der Waals surface area contributed by atoms with Crippen LogP contribution in [-0.4, -0.2) is 35.9 Å². The summed E-state index contributed by atoms with van der Waals surface area (Å²) in [5, 5.41) is 15.2. The van der Waals surface area contributed by atoms with Gasteiger partial charge in [-0.25, -0.2) is 8.78 Å². The predicted octanol–water partition coefficient (Wildman–Crippen LogP) is 3.00. The number of nitrogens with one attached hydrogen (secondary N) is 2. The number of para-hydroxylation sites is 1. The zero-order valence-electron chi connectivity index (χ0n) is 19.0. The molecule has 35 heavy (non-hydrogen) atoms. The van der Waals surface area contributed by atoms with Gasteiger partial charge in [-0.05, 0) is 41.8 Å². The molecule has 3 N–H and O–H groups in total. The number of fused-ring (bicyclic) bond motifs is 3. The minimum atomic E-state index is -1.89. The van der Waals surface area contributed by atoms with E-state index in [0.717, 1.165) is 23.3 Å². The molecule has 0 bridgehead atoms. The number of benzene rings is 3. The number of carbonyl (C=O) groups is 3. The fourth-order valence-electron chi connectivity index (χ4n) is 4.08. The Bertz CT molecular complexity index is 1290. The Morgan fingerprint density at radius 2 is 1.54 bits per heavy atom. The molecule has 0 aliphatic carbocycles. The molecule has 180 valence electrons. The van der Waals surface area contributed by atoms with Crippen molar-refractivity contribution in [1.29, 1.82) is 0 Å². The van der Waals surface area contributed by atoms with Crippen LogP contribution in [0.15, 0.2) is 66.7 Å². The topological polar surface area (TPSA) is 98.7 Å². The van der Waals surface area contributed by atoms with E-state index in [4.69, 9.17) is 0 Å². The first kappa shape index (κ1) is 24.0. The Morgan fingerprint density at radius 1 is 0.943 bits per heavy atom. The molecule has 3 amide bonds. The summed E-state index contributed by atoms with van der Waals surface area (Å²) in [6, 6.07) is 14.7. The number of halogens is 2. The van der Waals surface area contributed by atoms with Crippen LogP contribution in [0.2, 0.25) is 0 Å². The van der Waals surface area contributed by atoms with E-state index < -0.39 is 41.6 Å². The lowest BCUT2D eigenvalue weighted by Crippen LogP contribution is -2.49. The highest BCUT2D eigenvalue weighted by atomic mass is 19.1. The zero-order chi connectivity index (χ0) is 25.3. The van der Waals surface area contributed by atoms with Gasteiger partial charge in [-0.1, -0.05) is 42.5 Å². The monoisotopic (exact) mass is 479 g/mol. The van der Waals surface area contributed by atoms with Crippen molar-refractivity contribution in [2.24, 2.45) is 0 Å². The van der Waals surface area contributed by atoms with Gasteiger partial charge in [-0.2, -0.15) is 0 Å². The van der Waals surface area contributed by atoms with Crippen LogP contribution in [0.25, 0.3) is 11.1 Å². The van der Waals surface area contributed by atoms with Crippen molar-refractivity contribution in [3.8, 4) is 11.1 Å². The van der Waals surface area contributed by atoms with E-state index in [0.29, 0.717) is 17.3 Å². The van der Waals surface area contributed by atoms with Crippen LogP contribution in [0.4, 0.5) is 14.5 Å². The highest BCUT2D eigenvalue weighted by molar-refractivity contribution is 6.06. The SMILES string of the molecule is C[C@@H](NC(=O)[C@H](O)c1cc(F)cc(F)c1)C(=O)N[C@@H]1C(=O)N(C)c2ccccc2-c2ccccc21. The van der Waals surface area contributed by atoms with E-state index in [9.17, 15) is 28.3 Å². The van der Waals surface area contributed by atoms with Crippen molar-refractivity contribution in [1.82, 2.24) is 10.6 Å². The first-order valence-corrected chi connectivity index (χ1v) is 10.9. The van der Waals surface area contributed by atoms with Gasteiger partial charge in [0.05, 0.1) is 5.69 Å². The molecule has 0 radical (unpaired) electrons. The highest BCUT2D eigenvalue weighted by Gasteiger charge is 2.34. The van der Waals surface area contributed by atoms with Gasteiger partial charge in [0.1, 0.15) is 23.7 Å². The standard InChI is InChI=1S/C26H23F2N3O4/c1-14(29-25(34)23(32)15-11-16(27)13-17(28)12-15)24(33)30-22-20-9-4-3-7-18(20)19-8-5-6-10-21(19)31(2)26(22)35/h3-14,22-23,32H,1-2H3,(H,29,34)(H,30,33)/t14-,22+,23-/m1/s1. The lowest BCUT2D eigenvalue weighted by molar-refractivity contribution is -0.134. The van der Waals surface area contributed by atoms with Crippen molar-refractivity contribution >= 4 is 23.4 Å². The van der Waals surface area contributed by atoms with Crippen LogP contribution in [0, 0.1) is 11.6 Å². The molecule has 0 fully saturated rings. The number of nitrogens with zero attached hydrogens (tertiary/aromatic N) is 1. The number of anilines is 1. The maximum atomic E-state index is 13.4. The summed E-state index contributed by atoms with van der Waals surface area (Å²) >= 11 is 0. The highest BCUT2D eigenvalue weighted by Crippen LogP contribution is 2.39. The summed E-state index contributed by atoms with van der Waals surface area (Å²) in [5.41, 5.74) is 2.61. The van der Waals surface area contributed by atoms with Gasteiger partial charge in [-0.3, -0.25) is 14.4 Å². The maximum Gasteiger partial charge on any atom is 0.254 e. The normalized spacial score (nSPS) is 16.4. The third-order valence-electron chi connectivity index (χ3n) is 5.89. The first-order valence-electron chi connectivity index (χ1n) is 10.9. The Morgan fingerprint density at radius 3 is 2.23 bits per heavy atom. The zero-order valence-corrected chi connectivity index (χ0v) is 19.0. The van der Waals surface area contributed by atoms with E-state index in [1.165, 1.54) is 11.8 Å². The summed E-state index contributed by atoms with van der Waals surface area (Å²) in [6.07, 6.45) is -1.89. The second-order valence-electron chi connectivity index (χ2n) is 8.28. The summed E-state index contributed by atoms with van der Waals surface area (Å²) in [6.45, 7) is 1.37. The summed E-state index contributed by atoms with van der Waals surface area (Å²) in [7, 11) is 1.62. The van der Waals surface area contributed by atoms with Gasteiger partial charge in [0.2, 0.25) is 5.91 Å². The Kier molecular flexibility index (Phi) is 6.61. The van der Waals surface area contributed by atoms with Crippen LogP contribution in [0.3, 0.4) is 0 Å². The van der Waals surface area contributed by atoms with E-state index >= 15 is 0 Å². The molecule has 4 rings (SSSR count). The molecular weight excluding hydrogens is 456 g/mol.